The van der Waals surface area contributed by atoms with E-state index in [-0.39, 0.29) is 11.3 Å². The van der Waals surface area contributed by atoms with Gasteiger partial charge in [-0.25, -0.2) is 4.98 Å². The van der Waals surface area contributed by atoms with Gasteiger partial charge in [0.25, 0.3) is 0 Å². The number of nitrogens with one attached hydrogen (secondary N) is 1. The van der Waals surface area contributed by atoms with E-state index in [1.807, 2.05) is 20.8 Å². The van der Waals surface area contributed by atoms with E-state index in [0.29, 0.717) is 5.13 Å². The average Bonchev–Trinajstić information content (AvgIpc) is 2.78. The highest BCUT2D eigenvalue weighted by molar-refractivity contribution is 7.13. The maximum atomic E-state index is 11.9. The molecule has 0 aromatic carbocycles. The molecule has 1 saturated heterocycles. The topological polar surface area (TPSA) is 45.2 Å². The zero-order valence-electron chi connectivity index (χ0n) is 12.9. The second-order valence-corrected chi connectivity index (χ2v) is 7.66. The summed E-state index contributed by atoms with van der Waals surface area (Å²) >= 11 is 1.51. The molecule has 5 heteroatoms. The van der Waals surface area contributed by atoms with E-state index in [1.54, 1.807) is 0 Å². The molecule has 0 aliphatic carbocycles. The van der Waals surface area contributed by atoms with Crippen LogP contribution in [0.2, 0.25) is 0 Å². The molecule has 0 bridgehead atoms. The first kappa shape index (κ1) is 15.4. The number of hydrogen-bond acceptors (Lipinski definition) is 4. The van der Waals surface area contributed by atoms with Crippen molar-refractivity contribution in [2.45, 2.75) is 47.1 Å². The highest BCUT2D eigenvalue weighted by Gasteiger charge is 2.22. The smallest absolute Gasteiger partial charge is 0.231 e. The van der Waals surface area contributed by atoms with Crippen LogP contribution in [0.25, 0.3) is 0 Å². The van der Waals surface area contributed by atoms with E-state index in [4.69, 9.17) is 0 Å². The molecule has 2 heterocycles. The van der Waals surface area contributed by atoms with Crippen LogP contribution < -0.4 is 5.32 Å². The van der Waals surface area contributed by atoms with E-state index < -0.39 is 0 Å². The van der Waals surface area contributed by atoms with Gasteiger partial charge >= 0.3 is 0 Å². The fourth-order valence-corrected chi connectivity index (χ4v) is 2.87. The Kier molecular flexibility index (Phi) is 4.81. The molecule has 0 unspecified atom stereocenters. The number of anilines is 1. The third kappa shape index (κ3) is 4.28. The minimum absolute atomic E-state index is 0.0187. The first-order chi connectivity index (χ1) is 9.34. The summed E-state index contributed by atoms with van der Waals surface area (Å²) in [5.41, 5.74) is 0.684. The van der Waals surface area contributed by atoms with Crippen molar-refractivity contribution in [2.24, 2.45) is 11.3 Å². The molecule has 1 aromatic heterocycles. The molecular weight excluding hydrogens is 270 g/mol. The van der Waals surface area contributed by atoms with Crippen LogP contribution in [0.4, 0.5) is 5.13 Å². The Morgan fingerprint density at radius 1 is 1.45 bits per heavy atom. The van der Waals surface area contributed by atoms with Gasteiger partial charge in [-0.3, -0.25) is 9.69 Å². The van der Waals surface area contributed by atoms with E-state index in [2.05, 4.69) is 27.5 Å². The van der Waals surface area contributed by atoms with Gasteiger partial charge in [-0.1, -0.05) is 27.7 Å². The third-order valence-electron chi connectivity index (χ3n) is 3.72. The summed E-state index contributed by atoms with van der Waals surface area (Å²) in [7, 11) is 0. The van der Waals surface area contributed by atoms with Crippen LogP contribution in [-0.4, -0.2) is 28.9 Å². The second kappa shape index (κ2) is 6.22. The summed E-state index contributed by atoms with van der Waals surface area (Å²) in [6, 6.07) is 0. The number of thiazole rings is 1. The van der Waals surface area contributed by atoms with Crippen LogP contribution in [0.5, 0.6) is 0 Å². The molecular formula is C15H25N3OS. The highest BCUT2D eigenvalue weighted by Crippen LogP contribution is 2.23. The third-order valence-corrected chi connectivity index (χ3v) is 4.52. The largest absolute Gasteiger partial charge is 0.302 e. The Morgan fingerprint density at radius 3 is 2.70 bits per heavy atom. The fraction of sp³-hybridized carbons (Fsp3) is 0.733. The predicted molar refractivity (Wildman–Crippen MR) is 83.9 cm³/mol. The Labute approximate surface area is 125 Å². The Morgan fingerprint density at radius 2 is 2.10 bits per heavy atom. The summed E-state index contributed by atoms with van der Waals surface area (Å²) in [5.74, 6) is 0.869. The van der Waals surface area contributed by atoms with Gasteiger partial charge in [0, 0.05) is 17.3 Å². The molecule has 1 aliphatic heterocycles. The molecule has 0 saturated carbocycles. The number of amides is 1. The molecule has 1 N–H and O–H groups in total. The quantitative estimate of drug-likeness (QED) is 0.930. The zero-order chi connectivity index (χ0) is 14.8. The van der Waals surface area contributed by atoms with E-state index in [9.17, 15) is 4.79 Å². The van der Waals surface area contributed by atoms with Gasteiger partial charge in [0.2, 0.25) is 5.91 Å². The summed E-state index contributed by atoms with van der Waals surface area (Å²) < 4.78 is 0. The second-order valence-electron chi connectivity index (χ2n) is 6.81. The lowest BCUT2D eigenvalue weighted by Crippen LogP contribution is -2.32. The lowest BCUT2D eigenvalue weighted by atomic mass is 9.96. The average molecular weight is 295 g/mol. The van der Waals surface area contributed by atoms with Crippen LogP contribution >= 0.6 is 11.3 Å². The first-order valence-corrected chi connectivity index (χ1v) is 8.21. The number of hydrogen-bond donors (Lipinski definition) is 1. The van der Waals surface area contributed by atoms with Crippen LogP contribution in [0.15, 0.2) is 5.38 Å². The number of piperidine rings is 1. The molecule has 112 valence electrons. The molecule has 1 amide bonds. The van der Waals surface area contributed by atoms with Gasteiger partial charge in [-0.2, -0.15) is 0 Å². The van der Waals surface area contributed by atoms with Gasteiger partial charge in [0.1, 0.15) is 0 Å². The molecule has 1 aliphatic rings. The van der Waals surface area contributed by atoms with Crippen molar-refractivity contribution in [1.29, 1.82) is 0 Å². The van der Waals surface area contributed by atoms with E-state index in [1.165, 1.54) is 24.2 Å². The van der Waals surface area contributed by atoms with Crippen LogP contribution in [-0.2, 0) is 11.3 Å². The maximum absolute atomic E-state index is 11.9. The molecule has 0 atom stereocenters. The molecule has 1 aromatic rings. The molecule has 0 radical (unpaired) electrons. The minimum Gasteiger partial charge on any atom is -0.302 e. The van der Waals surface area contributed by atoms with Gasteiger partial charge < -0.3 is 5.32 Å². The maximum Gasteiger partial charge on any atom is 0.231 e. The van der Waals surface area contributed by atoms with Crippen molar-refractivity contribution in [3.8, 4) is 0 Å². The molecule has 0 spiro atoms. The Bertz CT molecular complexity index is 456. The number of aromatic nitrogens is 1. The summed E-state index contributed by atoms with van der Waals surface area (Å²) in [6.07, 6.45) is 2.55. The normalized spacial score (nSPS) is 18.2. The Hall–Kier alpha value is -0.940. The fourth-order valence-electron chi connectivity index (χ4n) is 2.17. The standard InChI is InChI=1S/C15H25N3OS/c1-11-5-7-18(8-6-11)9-12-10-20-14(16-12)17-13(19)15(2,3)4/h10-11H,5-9H2,1-4H3,(H,16,17,19). The molecule has 2 rings (SSSR count). The monoisotopic (exact) mass is 295 g/mol. The van der Waals surface area contributed by atoms with Crippen molar-refractivity contribution in [3.05, 3.63) is 11.1 Å². The van der Waals surface area contributed by atoms with Gasteiger partial charge in [-0.05, 0) is 31.8 Å². The number of likely N-dealkylation sites (tertiary alicyclic amines) is 1. The first-order valence-electron chi connectivity index (χ1n) is 7.33. The van der Waals surface area contributed by atoms with Crippen molar-refractivity contribution in [1.82, 2.24) is 9.88 Å². The van der Waals surface area contributed by atoms with Crippen molar-refractivity contribution < 1.29 is 4.79 Å². The molecule has 20 heavy (non-hydrogen) atoms. The number of nitrogens with zero attached hydrogens (tertiary/aromatic N) is 2. The van der Waals surface area contributed by atoms with Crippen LogP contribution in [0.1, 0.15) is 46.2 Å². The lowest BCUT2D eigenvalue weighted by molar-refractivity contribution is -0.123. The number of rotatable bonds is 3. The van der Waals surface area contributed by atoms with Gasteiger partial charge in [0.05, 0.1) is 5.69 Å². The van der Waals surface area contributed by atoms with Gasteiger partial charge in [-0.15, -0.1) is 11.3 Å². The van der Waals surface area contributed by atoms with Crippen molar-refractivity contribution in [2.75, 3.05) is 18.4 Å². The minimum atomic E-state index is -0.380. The molecule has 1 fully saturated rings. The zero-order valence-corrected chi connectivity index (χ0v) is 13.7. The number of carbonyl (C=O) groups excluding carboxylic acids is 1. The molecule has 4 nitrogen and oxygen atoms in total. The van der Waals surface area contributed by atoms with E-state index >= 15 is 0 Å². The summed E-state index contributed by atoms with van der Waals surface area (Å²) in [6.45, 7) is 11.3. The Balaban J connectivity index is 1.88. The van der Waals surface area contributed by atoms with Crippen LogP contribution in [0.3, 0.4) is 0 Å². The summed E-state index contributed by atoms with van der Waals surface area (Å²) in [5, 5.41) is 5.66. The van der Waals surface area contributed by atoms with E-state index in [0.717, 1.165) is 31.2 Å². The van der Waals surface area contributed by atoms with Crippen molar-refractivity contribution >= 4 is 22.4 Å². The van der Waals surface area contributed by atoms with Crippen LogP contribution in [0, 0.1) is 11.3 Å². The van der Waals surface area contributed by atoms with Crippen molar-refractivity contribution in [3.63, 3.8) is 0 Å². The predicted octanol–water partition coefficient (Wildman–Crippen LogP) is 3.36. The number of carbonyl (C=O) groups is 1. The SMILES string of the molecule is CC1CCN(Cc2csc(NC(=O)C(C)(C)C)n2)CC1. The summed E-state index contributed by atoms with van der Waals surface area (Å²) in [4.78, 5) is 18.9. The van der Waals surface area contributed by atoms with Gasteiger partial charge in [0.15, 0.2) is 5.13 Å². The highest BCUT2D eigenvalue weighted by atomic mass is 32.1. The lowest BCUT2D eigenvalue weighted by Gasteiger charge is -2.29.